The van der Waals surface area contributed by atoms with E-state index in [9.17, 15) is 4.79 Å². The summed E-state index contributed by atoms with van der Waals surface area (Å²) in [6.45, 7) is 0. The van der Waals surface area contributed by atoms with Crippen molar-refractivity contribution in [3.8, 4) is 0 Å². The predicted molar refractivity (Wildman–Crippen MR) is 60.4 cm³/mol. The van der Waals surface area contributed by atoms with Gasteiger partial charge in [-0.3, -0.25) is 4.79 Å². The van der Waals surface area contributed by atoms with Crippen LogP contribution in [-0.2, 0) is 0 Å². The first kappa shape index (κ1) is 11.3. The van der Waals surface area contributed by atoms with E-state index in [0.717, 1.165) is 5.69 Å². The van der Waals surface area contributed by atoms with Gasteiger partial charge in [0.05, 0.1) is 6.26 Å². The number of anilines is 1. The summed E-state index contributed by atoms with van der Waals surface area (Å²) in [6.07, 6.45) is 1.47. The Bertz CT molecular complexity index is 411. The van der Waals surface area contributed by atoms with Gasteiger partial charge in [0.25, 0.3) is 5.91 Å². The third-order valence-corrected chi connectivity index (χ3v) is 1.78. The van der Waals surface area contributed by atoms with Gasteiger partial charge in [-0.05, 0) is 24.3 Å². The average molecular weight is 224 g/mol. The fourth-order valence-corrected chi connectivity index (χ4v) is 1.12. The highest BCUT2D eigenvalue weighted by atomic mass is 35.5. The normalized spacial score (nSPS) is 9.07. The molecule has 0 bridgehead atoms. The number of carbonyl (C=O) groups excluding carboxylic acids is 1. The van der Waals surface area contributed by atoms with Crippen molar-refractivity contribution in [1.29, 1.82) is 0 Å². The minimum absolute atomic E-state index is 0. The predicted octanol–water partition coefficient (Wildman–Crippen LogP) is 2.95. The van der Waals surface area contributed by atoms with Gasteiger partial charge in [-0.15, -0.1) is 12.4 Å². The molecule has 1 heterocycles. The van der Waals surface area contributed by atoms with Crippen molar-refractivity contribution >= 4 is 24.0 Å². The molecule has 0 radical (unpaired) electrons. The van der Waals surface area contributed by atoms with E-state index in [1.807, 2.05) is 30.3 Å². The fraction of sp³-hybridized carbons (Fsp3) is 0. The van der Waals surface area contributed by atoms with Crippen molar-refractivity contribution in [2.45, 2.75) is 0 Å². The van der Waals surface area contributed by atoms with Crippen molar-refractivity contribution in [2.24, 2.45) is 0 Å². The number of rotatable bonds is 2. The average Bonchev–Trinajstić information content (AvgIpc) is 2.72. The number of hydrogen-bond donors (Lipinski definition) is 1. The number of benzene rings is 1. The molecule has 0 saturated heterocycles. The number of para-hydroxylation sites is 1. The molecule has 1 amide bonds. The largest absolute Gasteiger partial charge is 0.459 e. The Morgan fingerprint density at radius 3 is 2.40 bits per heavy atom. The molecule has 0 aliphatic heterocycles. The Kier molecular flexibility index (Phi) is 3.94. The van der Waals surface area contributed by atoms with Gasteiger partial charge in [0.15, 0.2) is 5.76 Å². The highest BCUT2D eigenvalue weighted by Gasteiger charge is 2.07. The number of furan rings is 1. The molecule has 1 aromatic heterocycles. The SMILES string of the molecule is Cl.O=C(Nc1ccccc1)c1ccco1. The van der Waals surface area contributed by atoms with E-state index in [-0.39, 0.29) is 18.3 Å². The van der Waals surface area contributed by atoms with Crippen molar-refractivity contribution in [3.63, 3.8) is 0 Å². The topological polar surface area (TPSA) is 42.2 Å². The molecule has 78 valence electrons. The van der Waals surface area contributed by atoms with Gasteiger partial charge in [0.1, 0.15) is 0 Å². The van der Waals surface area contributed by atoms with Crippen LogP contribution in [0.1, 0.15) is 10.6 Å². The number of nitrogens with one attached hydrogen (secondary N) is 1. The van der Waals surface area contributed by atoms with Crippen LogP contribution >= 0.6 is 12.4 Å². The first-order valence-corrected chi connectivity index (χ1v) is 4.26. The number of carbonyl (C=O) groups is 1. The molecule has 1 aromatic carbocycles. The molecule has 0 saturated carbocycles. The molecule has 1 N–H and O–H groups in total. The molecule has 0 fully saturated rings. The first-order chi connectivity index (χ1) is 6.86. The van der Waals surface area contributed by atoms with E-state index in [1.165, 1.54) is 6.26 Å². The minimum Gasteiger partial charge on any atom is -0.459 e. The lowest BCUT2D eigenvalue weighted by molar-refractivity contribution is 0.0996. The van der Waals surface area contributed by atoms with Gasteiger partial charge in [0.2, 0.25) is 0 Å². The van der Waals surface area contributed by atoms with Crippen molar-refractivity contribution in [3.05, 3.63) is 54.5 Å². The zero-order chi connectivity index (χ0) is 9.80. The summed E-state index contributed by atoms with van der Waals surface area (Å²) in [4.78, 5) is 11.5. The van der Waals surface area contributed by atoms with Gasteiger partial charge in [0, 0.05) is 5.69 Å². The van der Waals surface area contributed by atoms with Gasteiger partial charge in [-0.1, -0.05) is 18.2 Å². The lowest BCUT2D eigenvalue weighted by Gasteiger charge is -2.01. The van der Waals surface area contributed by atoms with Crippen LogP contribution in [0.4, 0.5) is 5.69 Å². The fourth-order valence-electron chi connectivity index (χ4n) is 1.12. The Morgan fingerprint density at radius 2 is 1.80 bits per heavy atom. The van der Waals surface area contributed by atoms with E-state index in [2.05, 4.69) is 5.32 Å². The summed E-state index contributed by atoms with van der Waals surface area (Å²) in [5.41, 5.74) is 0.758. The lowest BCUT2D eigenvalue weighted by Crippen LogP contribution is -2.10. The maximum atomic E-state index is 11.5. The summed E-state index contributed by atoms with van der Waals surface area (Å²) in [6, 6.07) is 12.6. The van der Waals surface area contributed by atoms with E-state index < -0.39 is 0 Å². The minimum atomic E-state index is -0.235. The zero-order valence-corrected chi connectivity index (χ0v) is 8.66. The molecular weight excluding hydrogens is 214 g/mol. The molecule has 2 rings (SSSR count). The summed E-state index contributed by atoms with van der Waals surface area (Å²) in [5.74, 6) is 0.0788. The molecule has 2 aromatic rings. The molecule has 0 aliphatic carbocycles. The zero-order valence-electron chi connectivity index (χ0n) is 7.84. The van der Waals surface area contributed by atoms with Gasteiger partial charge in [-0.25, -0.2) is 0 Å². The maximum Gasteiger partial charge on any atom is 0.291 e. The summed E-state index contributed by atoms with van der Waals surface area (Å²) >= 11 is 0. The van der Waals surface area contributed by atoms with E-state index in [1.54, 1.807) is 12.1 Å². The smallest absolute Gasteiger partial charge is 0.291 e. The van der Waals surface area contributed by atoms with Crippen LogP contribution in [0.25, 0.3) is 0 Å². The summed E-state index contributed by atoms with van der Waals surface area (Å²) < 4.78 is 4.96. The lowest BCUT2D eigenvalue weighted by atomic mass is 10.3. The number of hydrogen-bond acceptors (Lipinski definition) is 2. The number of amides is 1. The highest BCUT2D eigenvalue weighted by Crippen LogP contribution is 2.08. The van der Waals surface area contributed by atoms with E-state index in [0.29, 0.717) is 5.76 Å². The Balaban J connectivity index is 0.00000112. The second-order valence-corrected chi connectivity index (χ2v) is 2.80. The molecule has 4 heteroatoms. The van der Waals surface area contributed by atoms with Crippen molar-refractivity contribution in [1.82, 2.24) is 0 Å². The van der Waals surface area contributed by atoms with Crippen LogP contribution in [0, 0.1) is 0 Å². The molecular formula is C11H10ClNO2. The molecule has 0 spiro atoms. The van der Waals surface area contributed by atoms with Crippen LogP contribution < -0.4 is 5.32 Å². The summed E-state index contributed by atoms with van der Waals surface area (Å²) in [5, 5.41) is 2.71. The maximum absolute atomic E-state index is 11.5. The Morgan fingerprint density at radius 1 is 1.07 bits per heavy atom. The van der Waals surface area contributed by atoms with Gasteiger partial charge in [-0.2, -0.15) is 0 Å². The van der Waals surface area contributed by atoms with Crippen LogP contribution in [0.2, 0.25) is 0 Å². The quantitative estimate of drug-likeness (QED) is 0.851. The second-order valence-electron chi connectivity index (χ2n) is 2.80. The standard InChI is InChI=1S/C11H9NO2.ClH/c13-11(10-7-4-8-14-10)12-9-5-2-1-3-6-9;/h1-8H,(H,12,13);1H. The molecule has 0 aliphatic rings. The van der Waals surface area contributed by atoms with Crippen LogP contribution in [0.15, 0.2) is 53.1 Å². The van der Waals surface area contributed by atoms with E-state index >= 15 is 0 Å². The molecule has 15 heavy (non-hydrogen) atoms. The molecule has 0 atom stereocenters. The highest BCUT2D eigenvalue weighted by molar-refractivity contribution is 6.02. The Hall–Kier alpha value is -1.74. The van der Waals surface area contributed by atoms with Crippen molar-refractivity contribution in [2.75, 3.05) is 5.32 Å². The Labute approximate surface area is 93.5 Å². The number of halogens is 1. The third kappa shape index (κ3) is 2.86. The summed E-state index contributed by atoms with van der Waals surface area (Å²) in [7, 11) is 0. The molecule has 3 nitrogen and oxygen atoms in total. The van der Waals surface area contributed by atoms with Gasteiger partial charge >= 0.3 is 0 Å². The van der Waals surface area contributed by atoms with Crippen molar-refractivity contribution < 1.29 is 9.21 Å². The van der Waals surface area contributed by atoms with Gasteiger partial charge < -0.3 is 9.73 Å². The monoisotopic (exact) mass is 223 g/mol. The van der Waals surface area contributed by atoms with E-state index in [4.69, 9.17) is 4.42 Å². The van der Waals surface area contributed by atoms with Crippen LogP contribution in [-0.4, -0.2) is 5.91 Å². The third-order valence-electron chi connectivity index (χ3n) is 1.78. The van der Waals surface area contributed by atoms with Crippen LogP contribution in [0.5, 0.6) is 0 Å². The second kappa shape index (κ2) is 5.22. The van der Waals surface area contributed by atoms with Crippen LogP contribution in [0.3, 0.4) is 0 Å². The molecule has 0 unspecified atom stereocenters. The first-order valence-electron chi connectivity index (χ1n) is 4.26.